The molecule has 4 heteroatoms. The van der Waals surface area contributed by atoms with Gasteiger partial charge in [0, 0.05) is 28.3 Å². The van der Waals surface area contributed by atoms with Crippen molar-refractivity contribution in [1.82, 2.24) is 0 Å². The smallest absolute Gasteiger partial charge is 0.333 e. The Bertz CT molecular complexity index is 3240. The second-order valence-electron chi connectivity index (χ2n) is 17.2. The van der Waals surface area contributed by atoms with Crippen LogP contribution in [0.2, 0.25) is 0 Å². The number of nitrogens with zero attached hydrogens (tertiary/aromatic N) is 2. The molecule has 0 saturated carbocycles. The Labute approximate surface area is 351 Å². The molecule has 0 unspecified atom stereocenters. The number of hydrogen-bond donors (Lipinski definition) is 0. The maximum atomic E-state index is 2.78. The van der Waals surface area contributed by atoms with E-state index in [1.54, 1.807) is 0 Å². The molecule has 0 atom stereocenters. The summed E-state index contributed by atoms with van der Waals surface area (Å²) in [6.07, 6.45) is 0. The number of aryl methyl sites for hydroxylation is 1. The van der Waals surface area contributed by atoms with Gasteiger partial charge in [0.05, 0.1) is 11.1 Å². The van der Waals surface area contributed by atoms with E-state index < -0.39 is 13.5 Å². The first-order chi connectivity index (χ1) is 29.7. The molecular weight excluding hydrogens is 740 g/mol. The van der Waals surface area contributed by atoms with Crippen molar-refractivity contribution in [1.29, 1.82) is 0 Å². The second kappa shape index (κ2) is 11.5. The lowest BCUT2D eigenvalue weighted by Gasteiger charge is -2.54. The summed E-state index contributed by atoms with van der Waals surface area (Å²) in [6.45, 7) is 2.24. The highest BCUT2D eigenvalue weighted by atomic mass is 28.3. The Morgan fingerprint density at radius 3 is 1.68 bits per heavy atom. The monoisotopic (exact) mass is 776 g/mol. The Morgan fingerprint density at radius 1 is 0.417 bits per heavy atom. The molecule has 0 amide bonds. The average molecular weight is 777 g/mol. The van der Waals surface area contributed by atoms with Crippen molar-refractivity contribution in [3.05, 3.63) is 234 Å². The first-order valence-electron chi connectivity index (χ1n) is 21.2. The predicted molar refractivity (Wildman–Crippen MR) is 253 cm³/mol. The van der Waals surface area contributed by atoms with E-state index in [4.69, 9.17) is 0 Å². The van der Waals surface area contributed by atoms with Gasteiger partial charge < -0.3 is 9.71 Å². The molecule has 2 nitrogen and oxygen atoms in total. The van der Waals surface area contributed by atoms with Gasteiger partial charge in [0.1, 0.15) is 0 Å². The van der Waals surface area contributed by atoms with Gasteiger partial charge in [-0.3, -0.25) is 0 Å². The number of rotatable bonds is 2. The SMILES string of the molecule is Cc1cc2c3c(c1)N1c4ccccc4C(c4ccccc4)(c4ccccc4)c4cccc(c41)B3N1c3ccccc3[Si]3(c4ccccc4-c4ccccc43)c3cccc-2c31. The van der Waals surface area contributed by atoms with E-state index in [0.29, 0.717) is 0 Å². The van der Waals surface area contributed by atoms with E-state index in [0.717, 1.165) is 0 Å². The predicted octanol–water partition coefficient (Wildman–Crippen LogP) is 9.07. The van der Waals surface area contributed by atoms with Gasteiger partial charge in [0.25, 0.3) is 0 Å². The van der Waals surface area contributed by atoms with Crippen LogP contribution in [0.4, 0.5) is 28.4 Å². The van der Waals surface area contributed by atoms with Crippen molar-refractivity contribution >= 4 is 75.0 Å². The fourth-order valence-electron chi connectivity index (χ4n) is 12.6. The summed E-state index contributed by atoms with van der Waals surface area (Å²) in [7, 11) is -2.75. The van der Waals surface area contributed by atoms with Crippen LogP contribution in [0, 0.1) is 6.92 Å². The van der Waals surface area contributed by atoms with Crippen LogP contribution in [0.1, 0.15) is 27.8 Å². The zero-order valence-corrected chi connectivity index (χ0v) is 34.1. The fraction of sp³-hybridized carbons (Fsp3) is 0.0357. The first kappa shape index (κ1) is 32.8. The maximum Gasteiger partial charge on any atom is 0.333 e. The minimum absolute atomic E-state index is 0.0515. The van der Waals surface area contributed by atoms with Crippen LogP contribution in [0.5, 0.6) is 0 Å². The highest BCUT2D eigenvalue weighted by molar-refractivity contribution is 7.24. The molecule has 0 bridgehead atoms. The van der Waals surface area contributed by atoms with Crippen molar-refractivity contribution < 1.29 is 0 Å². The van der Waals surface area contributed by atoms with Crippen LogP contribution in [-0.2, 0) is 5.41 Å². The van der Waals surface area contributed by atoms with Gasteiger partial charge in [-0.1, -0.05) is 188 Å². The maximum absolute atomic E-state index is 2.78. The Kier molecular flexibility index (Phi) is 6.30. The molecular formula is C56H37BN2Si. The zero-order valence-electron chi connectivity index (χ0n) is 33.1. The summed E-state index contributed by atoms with van der Waals surface area (Å²) < 4.78 is 0. The lowest BCUT2D eigenvalue weighted by atomic mass is 9.42. The molecule has 0 N–H and O–H groups in total. The highest BCUT2D eigenvalue weighted by Crippen LogP contribution is 2.59. The minimum Gasteiger partial charge on any atom is -0.376 e. The molecule has 0 aromatic heterocycles. The summed E-state index contributed by atoms with van der Waals surface area (Å²) in [5.74, 6) is 0. The van der Waals surface area contributed by atoms with Crippen LogP contribution in [0.15, 0.2) is 206 Å². The summed E-state index contributed by atoms with van der Waals surface area (Å²) in [4.78, 5) is 5.42. The molecule has 0 radical (unpaired) electrons. The van der Waals surface area contributed by atoms with E-state index >= 15 is 0 Å². The van der Waals surface area contributed by atoms with Crippen LogP contribution in [-0.4, -0.2) is 14.9 Å². The Balaban J connectivity index is 1.15. The fourth-order valence-corrected chi connectivity index (χ4v) is 18.1. The van der Waals surface area contributed by atoms with Gasteiger partial charge in [0.15, 0.2) is 8.07 Å². The normalized spacial score (nSPS) is 15.6. The van der Waals surface area contributed by atoms with E-state index in [9.17, 15) is 0 Å². The third-order valence-electron chi connectivity index (χ3n) is 14.5. The largest absolute Gasteiger partial charge is 0.376 e. The molecule has 14 rings (SSSR count). The second-order valence-corrected chi connectivity index (χ2v) is 20.8. The Morgan fingerprint density at radius 2 is 0.967 bits per heavy atom. The summed E-state index contributed by atoms with van der Waals surface area (Å²) >= 11 is 0. The highest BCUT2D eigenvalue weighted by Gasteiger charge is 2.59. The van der Waals surface area contributed by atoms with Crippen LogP contribution in [0.3, 0.4) is 0 Å². The third-order valence-corrected chi connectivity index (χ3v) is 19.4. The van der Waals surface area contributed by atoms with E-state index in [2.05, 4.69) is 223 Å². The number of hydrogen-bond acceptors (Lipinski definition) is 2. The lowest BCUT2D eigenvalue weighted by molar-refractivity contribution is 0.732. The summed E-state index contributed by atoms with van der Waals surface area (Å²) in [5.41, 5.74) is 20.6. The third kappa shape index (κ3) is 3.70. The number of fused-ring (bicyclic) bond motifs is 15. The van der Waals surface area contributed by atoms with Crippen molar-refractivity contribution in [3.8, 4) is 22.3 Å². The van der Waals surface area contributed by atoms with Crippen LogP contribution < -0.4 is 41.4 Å². The van der Waals surface area contributed by atoms with Crippen molar-refractivity contribution in [2.45, 2.75) is 12.3 Å². The number of anilines is 5. The summed E-state index contributed by atoms with van der Waals surface area (Å²) in [6, 6.07) is 79.1. The van der Waals surface area contributed by atoms with Crippen molar-refractivity contribution in [2.75, 3.05) is 9.71 Å². The number of benzene rings is 9. The van der Waals surface area contributed by atoms with Crippen LogP contribution >= 0.6 is 0 Å². The topological polar surface area (TPSA) is 6.48 Å². The molecule has 5 heterocycles. The van der Waals surface area contributed by atoms with E-state index in [1.807, 2.05) is 0 Å². The molecule has 0 aliphatic carbocycles. The molecule has 278 valence electrons. The molecule has 9 aromatic rings. The molecule has 9 aromatic carbocycles. The average Bonchev–Trinajstić information content (AvgIpc) is 3.60. The first-order valence-corrected chi connectivity index (χ1v) is 23.2. The minimum atomic E-state index is -2.75. The lowest BCUT2D eigenvalue weighted by Crippen LogP contribution is -2.78. The van der Waals surface area contributed by atoms with Gasteiger partial charge in [0.2, 0.25) is 0 Å². The molecule has 0 saturated heterocycles. The van der Waals surface area contributed by atoms with Crippen LogP contribution in [0.25, 0.3) is 22.3 Å². The molecule has 60 heavy (non-hydrogen) atoms. The molecule has 0 fully saturated rings. The quantitative estimate of drug-likeness (QED) is 0.162. The van der Waals surface area contributed by atoms with Gasteiger partial charge >= 0.3 is 6.85 Å². The summed E-state index contributed by atoms with van der Waals surface area (Å²) in [5, 5.41) is 5.97. The number of para-hydroxylation sites is 4. The molecule has 5 aliphatic heterocycles. The molecule has 5 aliphatic rings. The van der Waals surface area contributed by atoms with Crippen molar-refractivity contribution in [3.63, 3.8) is 0 Å². The Hall–Kier alpha value is -7.14. The van der Waals surface area contributed by atoms with Gasteiger partial charge in [-0.25, -0.2) is 0 Å². The van der Waals surface area contributed by atoms with Gasteiger partial charge in [-0.05, 0) is 101 Å². The zero-order chi connectivity index (χ0) is 39.3. The molecule has 1 spiro atoms. The van der Waals surface area contributed by atoms with Gasteiger partial charge in [-0.2, -0.15) is 0 Å². The van der Waals surface area contributed by atoms with Crippen molar-refractivity contribution in [2.24, 2.45) is 0 Å². The van der Waals surface area contributed by atoms with E-state index in [-0.39, 0.29) is 6.85 Å². The standard InChI is InChI=1S/C56H37BN2Si/c1-36-34-42-41-24-16-33-52-54(41)59(47-29-12-15-32-51(47)60(52)49-30-13-8-22-39(49)40-23-9-14-31-50(40)60)57-45-27-17-26-44-55(45)58(48(35-36)53(42)57)46-28-11-10-25-43(46)56(44,37-18-4-2-5-19-37)38-20-6-3-7-21-38/h2-35H,1H3. The van der Waals surface area contributed by atoms with E-state index in [1.165, 1.54) is 110 Å². The van der Waals surface area contributed by atoms with Gasteiger partial charge in [-0.15, -0.1) is 0 Å².